The fourth-order valence-electron chi connectivity index (χ4n) is 3.24. The minimum absolute atomic E-state index is 0.0167. The lowest BCUT2D eigenvalue weighted by atomic mass is 10.2. The summed E-state index contributed by atoms with van der Waals surface area (Å²) in [5.74, 6) is -0.883. The third-order valence-corrected chi connectivity index (χ3v) is 8.56. The molecule has 0 spiro atoms. The van der Waals surface area contributed by atoms with Crippen LogP contribution in [0.2, 0.25) is 0 Å². The van der Waals surface area contributed by atoms with Crippen LogP contribution in [-0.4, -0.2) is 27.2 Å². The van der Waals surface area contributed by atoms with Gasteiger partial charge in [-0.25, -0.2) is 30.3 Å². The van der Waals surface area contributed by atoms with Gasteiger partial charge in [-0.05, 0) is 72.5 Å². The van der Waals surface area contributed by atoms with Gasteiger partial charge in [-0.2, -0.15) is 4.31 Å². The van der Waals surface area contributed by atoms with Gasteiger partial charge < -0.3 is 0 Å². The second-order valence-electron chi connectivity index (χ2n) is 7.89. The number of hydrogen-bond acceptors (Lipinski definition) is 4. The lowest BCUT2D eigenvalue weighted by Gasteiger charge is -2.23. The summed E-state index contributed by atoms with van der Waals surface area (Å²) in [5, 5.41) is 0. The molecule has 4 rings (SSSR count). The van der Waals surface area contributed by atoms with Gasteiger partial charge >= 0.3 is 0 Å². The molecular formula is C23H22F2N2O4S2. The van der Waals surface area contributed by atoms with Gasteiger partial charge in [0.25, 0.3) is 0 Å². The average molecular weight is 493 g/mol. The Hall–Kier alpha value is -2.66. The first-order valence-electron chi connectivity index (χ1n) is 10.2. The maximum atomic E-state index is 13.4. The van der Waals surface area contributed by atoms with E-state index in [1.165, 1.54) is 77.1 Å². The summed E-state index contributed by atoms with van der Waals surface area (Å²) in [6.45, 7) is -0.105. The maximum Gasteiger partial charge on any atom is 0.243 e. The Morgan fingerprint density at radius 1 is 0.697 bits per heavy atom. The highest BCUT2D eigenvalue weighted by molar-refractivity contribution is 7.89. The molecule has 0 aromatic heterocycles. The smallest absolute Gasteiger partial charge is 0.208 e. The topological polar surface area (TPSA) is 83.5 Å². The van der Waals surface area contributed by atoms with Crippen LogP contribution in [0.25, 0.3) is 0 Å². The van der Waals surface area contributed by atoms with Crippen molar-refractivity contribution in [1.29, 1.82) is 0 Å². The van der Waals surface area contributed by atoms with Gasteiger partial charge in [0.05, 0.1) is 9.79 Å². The highest BCUT2D eigenvalue weighted by Gasteiger charge is 2.29. The zero-order chi connectivity index (χ0) is 23.6. The van der Waals surface area contributed by atoms with Crippen LogP contribution in [0, 0.1) is 11.6 Å². The van der Waals surface area contributed by atoms with E-state index < -0.39 is 31.7 Å². The van der Waals surface area contributed by atoms with Crippen molar-refractivity contribution in [1.82, 2.24) is 9.03 Å². The van der Waals surface area contributed by atoms with E-state index in [2.05, 4.69) is 4.72 Å². The summed E-state index contributed by atoms with van der Waals surface area (Å²) in [6, 6.07) is 15.9. The van der Waals surface area contributed by atoms with Gasteiger partial charge in [0, 0.05) is 19.1 Å². The Kier molecular flexibility index (Phi) is 6.62. The predicted molar refractivity (Wildman–Crippen MR) is 119 cm³/mol. The second kappa shape index (κ2) is 9.30. The van der Waals surface area contributed by atoms with Crippen molar-refractivity contribution in [2.75, 3.05) is 0 Å². The van der Waals surface area contributed by atoms with E-state index in [0.29, 0.717) is 11.1 Å². The van der Waals surface area contributed by atoms with E-state index in [0.717, 1.165) is 12.8 Å². The van der Waals surface area contributed by atoms with Crippen LogP contribution in [0.1, 0.15) is 24.0 Å². The first kappa shape index (κ1) is 23.5. The molecule has 174 valence electrons. The molecular weight excluding hydrogens is 470 g/mol. The molecule has 3 aromatic rings. The van der Waals surface area contributed by atoms with Crippen molar-refractivity contribution >= 4 is 20.0 Å². The standard InChI is InChI=1S/C23H22F2N2O4S2/c24-19-5-1-17(2-6-19)15-27(16-18-3-7-20(25)8-4-18)33(30,31)23-13-11-22(12-14-23)32(28,29)26-21-9-10-21/h1-8,11-14,21,26H,9-10,15-16H2. The van der Waals surface area contributed by atoms with Crippen LogP contribution in [0.4, 0.5) is 8.78 Å². The van der Waals surface area contributed by atoms with Gasteiger partial charge in [-0.15, -0.1) is 0 Å². The number of halogens is 2. The van der Waals surface area contributed by atoms with Crippen LogP contribution in [0.5, 0.6) is 0 Å². The summed E-state index contributed by atoms with van der Waals surface area (Å²) in [7, 11) is -7.77. The van der Waals surface area contributed by atoms with Crippen molar-refractivity contribution < 1.29 is 25.6 Å². The van der Waals surface area contributed by atoms with Crippen LogP contribution >= 0.6 is 0 Å². The summed E-state index contributed by atoms with van der Waals surface area (Å²) < 4.78 is 82.0. The van der Waals surface area contributed by atoms with E-state index in [1.54, 1.807) is 0 Å². The minimum atomic E-state index is -4.06. The highest BCUT2D eigenvalue weighted by atomic mass is 32.2. The van der Waals surface area contributed by atoms with E-state index in [-0.39, 0.29) is 28.9 Å². The molecule has 0 heterocycles. The summed E-state index contributed by atoms with van der Waals surface area (Å²) >= 11 is 0. The number of sulfonamides is 2. The Morgan fingerprint density at radius 3 is 1.55 bits per heavy atom. The fraction of sp³-hybridized carbons (Fsp3) is 0.217. The molecule has 0 radical (unpaired) electrons. The maximum absolute atomic E-state index is 13.4. The summed E-state index contributed by atoms with van der Waals surface area (Å²) in [5.41, 5.74) is 1.13. The lowest BCUT2D eigenvalue weighted by Crippen LogP contribution is -2.30. The molecule has 0 atom stereocenters. The Labute approximate surface area is 192 Å². The van der Waals surface area contributed by atoms with Crippen molar-refractivity contribution in [2.24, 2.45) is 0 Å². The van der Waals surface area contributed by atoms with E-state index in [9.17, 15) is 25.6 Å². The SMILES string of the molecule is O=S(=O)(NC1CC1)c1ccc(S(=O)(=O)N(Cc2ccc(F)cc2)Cc2ccc(F)cc2)cc1. The minimum Gasteiger partial charge on any atom is -0.208 e. The average Bonchev–Trinajstić information content (AvgIpc) is 3.59. The van der Waals surface area contributed by atoms with Gasteiger partial charge in [0.15, 0.2) is 0 Å². The molecule has 0 aliphatic heterocycles. The van der Waals surface area contributed by atoms with Gasteiger partial charge in [-0.3, -0.25) is 0 Å². The second-order valence-corrected chi connectivity index (χ2v) is 11.5. The Morgan fingerprint density at radius 2 is 1.12 bits per heavy atom. The predicted octanol–water partition coefficient (Wildman–Crippen LogP) is 3.80. The highest BCUT2D eigenvalue weighted by Crippen LogP contribution is 2.25. The molecule has 6 nitrogen and oxygen atoms in total. The largest absolute Gasteiger partial charge is 0.243 e. The molecule has 0 bridgehead atoms. The number of benzene rings is 3. The molecule has 0 saturated heterocycles. The van der Waals surface area contributed by atoms with Gasteiger partial charge in [-0.1, -0.05) is 24.3 Å². The molecule has 1 N–H and O–H groups in total. The molecule has 10 heteroatoms. The third-order valence-electron chi connectivity index (χ3n) is 5.22. The fourth-order valence-corrected chi connectivity index (χ4v) is 5.96. The molecule has 1 aliphatic carbocycles. The third kappa shape index (κ3) is 5.83. The number of hydrogen-bond donors (Lipinski definition) is 1. The molecule has 3 aromatic carbocycles. The number of rotatable bonds is 9. The van der Waals surface area contributed by atoms with Crippen molar-refractivity contribution in [3.05, 3.63) is 95.6 Å². The normalized spacial score (nSPS) is 14.5. The molecule has 0 unspecified atom stereocenters. The van der Waals surface area contributed by atoms with Crippen molar-refractivity contribution in [2.45, 2.75) is 41.8 Å². The van der Waals surface area contributed by atoms with E-state index in [1.807, 2.05) is 0 Å². The van der Waals surface area contributed by atoms with Gasteiger partial charge in [0.2, 0.25) is 20.0 Å². The van der Waals surface area contributed by atoms with Gasteiger partial charge in [0.1, 0.15) is 11.6 Å². The Bertz CT molecular complexity index is 1280. The number of nitrogens with one attached hydrogen (secondary N) is 1. The Balaban J connectivity index is 1.63. The van der Waals surface area contributed by atoms with E-state index >= 15 is 0 Å². The van der Waals surface area contributed by atoms with E-state index in [4.69, 9.17) is 0 Å². The molecule has 1 fully saturated rings. The number of nitrogens with zero attached hydrogens (tertiary/aromatic N) is 1. The molecule has 1 saturated carbocycles. The van der Waals surface area contributed by atoms with Crippen molar-refractivity contribution in [3.63, 3.8) is 0 Å². The molecule has 33 heavy (non-hydrogen) atoms. The van der Waals surface area contributed by atoms with Crippen LogP contribution in [0.3, 0.4) is 0 Å². The van der Waals surface area contributed by atoms with Crippen LogP contribution in [-0.2, 0) is 33.1 Å². The zero-order valence-corrected chi connectivity index (χ0v) is 19.1. The summed E-state index contributed by atoms with van der Waals surface area (Å²) in [6.07, 6.45) is 1.57. The first-order chi connectivity index (χ1) is 15.6. The molecule has 0 amide bonds. The molecule has 1 aliphatic rings. The quantitative estimate of drug-likeness (QED) is 0.493. The van der Waals surface area contributed by atoms with Crippen LogP contribution in [0.15, 0.2) is 82.6 Å². The van der Waals surface area contributed by atoms with Crippen LogP contribution < -0.4 is 4.72 Å². The lowest BCUT2D eigenvalue weighted by molar-refractivity contribution is 0.400. The van der Waals surface area contributed by atoms with Crippen molar-refractivity contribution in [3.8, 4) is 0 Å². The summed E-state index contributed by atoms with van der Waals surface area (Å²) in [4.78, 5) is -0.103. The first-order valence-corrected chi connectivity index (χ1v) is 13.2. The monoisotopic (exact) mass is 492 g/mol. The zero-order valence-electron chi connectivity index (χ0n) is 17.5.